The summed E-state index contributed by atoms with van der Waals surface area (Å²) < 4.78 is 0. The summed E-state index contributed by atoms with van der Waals surface area (Å²) >= 11 is 0. The lowest BCUT2D eigenvalue weighted by Gasteiger charge is -2.22. The van der Waals surface area contributed by atoms with Gasteiger partial charge in [0, 0.05) is 18.3 Å². The van der Waals surface area contributed by atoms with E-state index in [9.17, 15) is 4.79 Å². The van der Waals surface area contributed by atoms with E-state index in [2.05, 4.69) is 11.8 Å². The molecule has 0 bridgehead atoms. The third-order valence-electron chi connectivity index (χ3n) is 2.75. The molecule has 0 saturated heterocycles. The molecule has 0 aromatic heterocycles. The van der Waals surface area contributed by atoms with Gasteiger partial charge >= 0.3 is 5.97 Å². The van der Waals surface area contributed by atoms with Gasteiger partial charge in [-0.3, -0.25) is 0 Å². The Morgan fingerprint density at radius 1 is 1.53 bits per heavy atom. The van der Waals surface area contributed by atoms with Crippen molar-refractivity contribution in [2.45, 2.75) is 25.8 Å². The van der Waals surface area contributed by atoms with Gasteiger partial charge in [-0.25, -0.2) is 4.79 Å². The first-order valence-corrected chi connectivity index (χ1v) is 5.32. The van der Waals surface area contributed by atoms with Crippen molar-refractivity contribution < 1.29 is 9.90 Å². The summed E-state index contributed by atoms with van der Waals surface area (Å²) in [6, 6.07) is 7.80. The number of rotatable bonds is 4. The van der Waals surface area contributed by atoms with E-state index in [4.69, 9.17) is 5.11 Å². The van der Waals surface area contributed by atoms with Gasteiger partial charge in [0.05, 0.1) is 5.56 Å². The Morgan fingerprint density at radius 3 is 2.80 bits per heavy atom. The molecule has 1 saturated carbocycles. The normalized spacial score (nSPS) is 15.0. The molecule has 0 atom stereocenters. The molecule has 15 heavy (non-hydrogen) atoms. The number of carbonyl (C=O) groups is 1. The van der Waals surface area contributed by atoms with Gasteiger partial charge in [0.25, 0.3) is 0 Å². The van der Waals surface area contributed by atoms with Crippen molar-refractivity contribution in [1.29, 1.82) is 0 Å². The summed E-state index contributed by atoms with van der Waals surface area (Å²) in [6.45, 7) is 3.04. The van der Waals surface area contributed by atoms with E-state index in [-0.39, 0.29) is 0 Å². The van der Waals surface area contributed by atoms with Crippen molar-refractivity contribution in [3.05, 3.63) is 29.8 Å². The Hall–Kier alpha value is -1.51. The highest BCUT2D eigenvalue weighted by molar-refractivity contribution is 5.88. The monoisotopic (exact) mass is 205 g/mol. The predicted octanol–water partition coefficient (Wildman–Crippen LogP) is 2.37. The van der Waals surface area contributed by atoms with Crippen LogP contribution in [0, 0.1) is 0 Å². The number of hydrogen-bond donors (Lipinski definition) is 1. The van der Waals surface area contributed by atoms with Gasteiger partial charge in [0.15, 0.2) is 0 Å². The average Bonchev–Trinajstić information content (AvgIpc) is 3.04. The Labute approximate surface area is 89.3 Å². The standard InChI is InChI=1S/C12H15NO2/c1-2-13(10-6-7-10)11-5-3-4-9(8-11)12(14)15/h3-5,8,10H,2,6-7H2,1H3,(H,14,15). The van der Waals surface area contributed by atoms with Crippen LogP contribution in [-0.4, -0.2) is 23.7 Å². The molecule has 0 aliphatic heterocycles. The maximum atomic E-state index is 10.8. The van der Waals surface area contributed by atoms with Gasteiger partial charge < -0.3 is 10.0 Å². The molecule has 0 heterocycles. The summed E-state index contributed by atoms with van der Waals surface area (Å²) in [4.78, 5) is 13.1. The highest BCUT2D eigenvalue weighted by atomic mass is 16.4. The molecule has 1 aromatic rings. The Balaban J connectivity index is 2.26. The second-order valence-electron chi connectivity index (χ2n) is 3.87. The predicted molar refractivity (Wildman–Crippen MR) is 59.4 cm³/mol. The zero-order valence-electron chi connectivity index (χ0n) is 8.81. The lowest BCUT2D eigenvalue weighted by Crippen LogP contribution is -2.25. The molecule has 3 heteroatoms. The average molecular weight is 205 g/mol. The van der Waals surface area contributed by atoms with E-state index in [1.165, 1.54) is 12.8 Å². The maximum absolute atomic E-state index is 10.8. The molecule has 1 N–H and O–H groups in total. The molecule has 0 spiro atoms. The minimum atomic E-state index is -0.858. The molecule has 1 aromatic carbocycles. The number of carboxylic acid groups (broad SMARTS) is 1. The Kier molecular flexibility index (Phi) is 2.62. The SMILES string of the molecule is CCN(c1cccc(C(=O)O)c1)C1CC1. The van der Waals surface area contributed by atoms with Gasteiger partial charge in [-0.1, -0.05) is 6.07 Å². The molecular weight excluding hydrogens is 190 g/mol. The molecule has 0 radical (unpaired) electrons. The van der Waals surface area contributed by atoms with Crippen LogP contribution in [0.15, 0.2) is 24.3 Å². The van der Waals surface area contributed by atoms with Gasteiger partial charge in [-0.2, -0.15) is 0 Å². The summed E-state index contributed by atoms with van der Waals surface area (Å²) in [6.07, 6.45) is 2.45. The fourth-order valence-corrected chi connectivity index (χ4v) is 1.86. The van der Waals surface area contributed by atoms with Crippen LogP contribution in [0.5, 0.6) is 0 Å². The first-order valence-electron chi connectivity index (χ1n) is 5.32. The number of anilines is 1. The zero-order chi connectivity index (χ0) is 10.8. The van der Waals surface area contributed by atoms with E-state index in [1.807, 2.05) is 12.1 Å². The maximum Gasteiger partial charge on any atom is 0.335 e. The van der Waals surface area contributed by atoms with Crippen molar-refractivity contribution in [3.8, 4) is 0 Å². The second-order valence-corrected chi connectivity index (χ2v) is 3.87. The molecule has 3 nitrogen and oxygen atoms in total. The van der Waals surface area contributed by atoms with Gasteiger partial charge in [0.2, 0.25) is 0 Å². The fourth-order valence-electron chi connectivity index (χ4n) is 1.86. The van der Waals surface area contributed by atoms with E-state index in [1.54, 1.807) is 12.1 Å². The van der Waals surface area contributed by atoms with Gasteiger partial charge in [-0.05, 0) is 38.0 Å². The fraction of sp³-hybridized carbons (Fsp3) is 0.417. The lowest BCUT2D eigenvalue weighted by molar-refractivity contribution is 0.0697. The smallest absolute Gasteiger partial charge is 0.335 e. The highest BCUT2D eigenvalue weighted by Crippen LogP contribution is 2.31. The van der Waals surface area contributed by atoms with E-state index in [0.717, 1.165) is 12.2 Å². The molecular formula is C12H15NO2. The number of hydrogen-bond acceptors (Lipinski definition) is 2. The summed E-state index contributed by atoms with van der Waals surface area (Å²) in [5, 5.41) is 8.90. The van der Waals surface area contributed by atoms with Crippen LogP contribution < -0.4 is 4.90 Å². The van der Waals surface area contributed by atoms with Crippen molar-refractivity contribution >= 4 is 11.7 Å². The van der Waals surface area contributed by atoms with Crippen molar-refractivity contribution in [2.24, 2.45) is 0 Å². The molecule has 1 aliphatic rings. The molecule has 1 fully saturated rings. The lowest BCUT2D eigenvalue weighted by atomic mass is 10.2. The quantitative estimate of drug-likeness (QED) is 0.820. The highest BCUT2D eigenvalue weighted by Gasteiger charge is 2.28. The first kappa shape index (κ1) is 10.0. The first-order chi connectivity index (χ1) is 7.22. The topological polar surface area (TPSA) is 40.5 Å². The zero-order valence-corrected chi connectivity index (χ0v) is 8.81. The molecule has 0 unspecified atom stereocenters. The van der Waals surface area contributed by atoms with Crippen LogP contribution in [0.4, 0.5) is 5.69 Å². The summed E-state index contributed by atoms with van der Waals surface area (Å²) in [5.41, 5.74) is 1.39. The van der Waals surface area contributed by atoms with E-state index >= 15 is 0 Å². The number of benzene rings is 1. The van der Waals surface area contributed by atoms with Crippen LogP contribution in [0.2, 0.25) is 0 Å². The van der Waals surface area contributed by atoms with Crippen LogP contribution in [0.25, 0.3) is 0 Å². The summed E-state index contributed by atoms with van der Waals surface area (Å²) in [7, 11) is 0. The van der Waals surface area contributed by atoms with Gasteiger partial charge in [-0.15, -0.1) is 0 Å². The molecule has 0 amide bonds. The third-order valence-corrected chi connectivity index (χ3v) is 2.75. The van der Waals surface area contributed by atoms with Crippen molar-refractivity contribution in [3.63, 3.8) is 0 Å². The molecule has 2 rings (SSSR count). The Bertz CT molecular complexity index is 372. The Morgan fingerprint density at radius 2 is 2.27 bits per heavy atom. The third kappa shape index (κ3) is 2.12. The van der Waals surface area contributed by atoms with Crippen molar-refractivity contribution in [2.75, 3.05) is 11.4 Å². The van der Waals surface area contributed by atoms with Crippen LogP contribution in [0.1, 0.15) is 30.1 Å². The number of carboxylic acids is 1. The largest absolute Gasteiger partial charge is 0.478 e. The van der Waals surface area contributed by atoms with Crippen molar-refractivity contribution in [1.82, 2.24) is 0 Å². The number of aromatic carboxylic acids is 1. The molecule has 80 valence electrons. The second kappa shape index (κ2) is 3.93. The van der Waals surface area contributed by atoms with Crippen LogP contribution in [-0.2, 0) is 0 Å². The number of nitrogens with zero attached hydrogens (tertiary/aromatic N) is 1. The minimum absolute atomic E-state index is 0.367. The minimum Gasteiger partial charge on any atom is -0.478 e. The molecule has 1 aliphatic carbocycles. The van der Waals surface area contributed by atoms with E-state index < -0.39 is 5.97 Å². The van der Waals surface area contributed by atoms with Gasteiger partial charge in [0.1, 0.15) is 0 Å². The van der Waals surface area contributed by atoms with Crippen LogP contribution in [0.3, 0.4) is 0 Å². The van der Waals surface area contributed by atoms with Crippen LogP contribution >= 0.6 is 0 Å². The van der Waals surface area contributed by atoms with E-state index in [0.29, 0.717) is 11.6 Å². The summed E-state index contributed by atoms with van der Waals surface area (Å²) in [5.74, 6) is -0.858.